The molecule has 6 N–H and O–H groups in total. The Hall–Kier alpha value is -3.48. The van der Waals surface area contributed by atoms with E-state index in [0.29, 0.717) is 5.75 Å². The molecule has 3 heterocycles. The van der Waals surface area contributed by atoms with Crippen molar-refractivity contribution in [1.82, 2.24) is 30.2 Å². The number of rotatable bonds is 27. The summed E-state index contributed by atoms with van der Waals surface area (Å²) >= 11 is 1.05. The number of amides is 2. The smallest absolute Gasteiger partial charge is 0.274 e. The lowest BCUT2D eigenvalue weighted by Crippen LogP contribution is -2.46. The molecule has 2 aromatic heterocycles. The summed E-state index contributed by atoms with van der Waals surface area (Å²) in [4.78, 5) is 96.4. The van der Waals surface area contributed by atoms with E-state index in [-0.39, 0.29) is 48.0 Å². The van der Waals surface area contributed by atoms with Gasteiger partial charge in [0.1, 0.15) is 36.3 Å². The van der Waals surface area contributed by atoms with Gasteiger partial charge in [0.2, 0.25) is 11.8 Å². The first-order valence-electron chi connectivity index (χ1n) is 19.1. The molecule has 1 saturated heterocycles. The number of fused-ring (bicyclic) bond motifs is 1. The molecule has 0 radical (unpaired) electrons. The summed E-state index contributed by atoms with van der Waals surface area (Å²) in [6, 6.07) is 0. The highest BCUT2D eigenvalue weighted by molar-refractivity contribution is 8.13. The minimum absolute atomic E-state index is 0.0229. The zero-order valence-electron chi connectivity index (χ0n) is 34.4. The number of aromatic nitrogens is 4. The first-order valence-corrected chi connectivity index (χ1v) is 24.5. The van der Waals surface area contributed by atoms with E-state index in [9.17, 15) is 57.9 Å². The molecule has 0 spiro atoms. The van der Waals surface area contributed by atoms with Crippen LogP contribution >= 0.6 is 35.2 Å². The maximum atomic E-state index is 12.6. The number of anilines is 1. The average Bonchev–Trinajstić information content (AvgIpc) is 3.76. The fourth-order valence-electron chi connectivity index (χ4n) is 5.34. The minimum Gasteiger partial charge on any atom is -0.790 e. The number of nitrogens with one attached hydrogen (secondary N) is 2. The molecule has 7 atom stereocenters. The average molecular weight is 966 g/mol. The number of phosphoric acid groups is 3. The van der Waals surface area contributed by atoms with Gasteiger partial charge < -0.3 is 69.0 Å². The fraction of sp³-hybridized carbons (Fsp3) is 0.543. The molecule has 0 bridgehead atoms. The fourth-order valence-corrected chi connectivity index (χ4v) is 8.73. The molecule has 0 saturated carbocycles. The Balaban J connectivity index is 1.39. The van der Waals surface area contributed by atoms with Gasteiger partial charge in [-0.05, 0) is 19.3 Å². The van der Waals surface area contributed by atoms with Gasteiger partial charge in [0.25, 0.3) is 15.6 Å². The van der Waals surface area contributed by atoms with Crippen LogP contribution in [0.2, 0.25) is 0 Å². The number of hydrogen-bond acceptors (Lipinski definition) is 22. The number of allylic oxidation sites excluding steroid dienone is 8. The second-order valence-corrected chi connectivity index (χ2v) is 19.3. The van der Waals surface area contributed by atoms with Crippen LogP contribution in [-0.4, -0.2) is 103 Å². The van der Waals surface area contributed by atoms with Crippen molar-refractivity contribution in [1.29, 1.82) is 0 Å². The van der Waals surface area contributed by atoms with Gasteiger partial charge >= 0.3 is 0 Å². The molecule has 2 aromatic rings. The molecular weight excluding hydrogens is 915 g/mol. The summed E-state index contributed by atoms with van der Waals surface area (Å²) < 4.78 is 60.7. The summed E-state index contributed by atoms with van der Waals surface area (Å²) in [6.07, 6.45) is 11.0. The Bertz CT molecular complexity index is 2110. The number of nitrogens with two attached hydrogens (primary N) is 1. The summed E-state index contributed by atoms with van der Waals surface area (Å²) in [5.74, 6) is -1.25. The van der Waals surface area contributed by atoms with Crippen LogP contribution in [-0.2, 0) is 50.7 Å². The summed E-state index contributed by atoms with van der Waals surface area (Å²) in [7, 11) is -17.6. The first kappa shape index (κ1) is 53.9. The van der Waals surface area contributed by atoms with Crippen LogP contribution in [0.3, 0.4) is 0 Å². The Kier molecular flexibility index (Phi) is 21.6. The second kappa shape index (κ2) is 25.3. The molecule has 1 fully saturated rings. The van der Waals surface area contributed by atoms with E-state index >= 15 is 0 Å². The molecule has 352 valence electrons. The normalized spacial score (nSPS) is 21.1. The highest BCUT2D eigenvalue weighted by atomic mass is 32.2. The van der Waals surface area contributed by atoms with Crippen molar-refractivity contribution in [3.63, 3.8) is 0 Å². The number of carbonyl (C=O) groups excluding carboxylic acids is 3. The van der Waals surface area contributed by atoms with Gasteiger partial charge in [0.15, 0.2) is 22.8 Å². The SMILES string of the molecule is CC/C=C\C/C=C\C/C=C\C=C\CC(=O)SCCNC(=O)CCNC(=O)[C@H](O)C(C)(C)COP(=O)([O-])OP(=O)([O-])OC[C@H]1O[C@@H](n2cnc3c(N)ncnc32)[C@H](O)[C@@H]1OP(=O)([O-])[O-]. The third kappa shape index (κ3) is 18.9. The van der Waals surface area contributed by atoms with Crippen LogP contribution in [0.4, 0.5) is 5.82 Å². The van der Waals surface area contributed by atoms with Crippen molar-refractivity contribution < 1.29 is 80.5 Å². The van der Waals surface area contributed by atoms with E-state index in [1.54, 1.807) is 12.2 Å². The Morgan fingerprint density at radius 3 is 2.35 bits per heavy atom. The molecular formula is C35H50N7O17P3S-4. The van der Waals surface area contributed by atoms with Crippen LogP contribution in [0.25, 0.3) is 11.2 Å². The van der Waals surface area contributed by atoms with Gasteiger partial charge in [0.05, 0.1) is 27.4 Å². The molecule has 3 rings (SSSR count). The Morgan fingerprint density at radius 2 is 1.65 bits per heavy atom. The Labute approximate surface area is 366 Å². The van der Waals surface area contributed by atoms with Crippen molar-refractivity contribution in [3.8, 4) is 0 Å². The highest BCUT2D eigenvalue weighted by Gasteiger charge is 2.47. The maximum Gasteiger partial charge on any atom is 0.274 e. The van der Waals surface area contributed by atoms with Crippen LogP contribution in [0.15, 0.2) is 61.3 Å². The first-order chi connectivity index (χ1) is 29.6. The number of nitrogens with zero attached hydrogens (tertiary/aromatic N) is 4. The standard InChI is InChI=1S/C35H54N7O17P3S/c1-4-5-6-7-8-9-10-11-12-13-14-15-26(44)63-19-18-37-25(43)16-17-38-33(47)30(46)35(2,3)21-56-62(53,54)59-61(51,52)55-20-24-29(58-60(48,49)50)28(45)34(57-24)42-23-41-27-31(36)39-22-40-32(27)42/h5-6,8-9,11-14,22-24,28-30,34,45-46H,4,7,10,15-21H2,1-3H3,(H,37,43)(H,38,47)(H,51,52)(H,53,54)(H2,36,39,40)(H2,48,49,50)/p-4/b6-5-,9-8-,12-11-,14-13+/t24-,28-,29-,30+,34-/m1/s1. The zero-order chi connectivity index (χ0) is 46.8. The number of ether oxygens (including phenoxy) is 1. The van der Waals surface area contributed by atoms with E-state index in [0.717, 1.165) is 48.2 Å². The van der Waals surface area contributed by atoms with Gasteiger partial charge in [-0.15, -0.1) is 0 Å². The van der Waals surface area contributed by atoms with Gasteiger partial charge in [0, 0.05) is 37.1 Å². The van der Waals surface area contributed by atoms with Crippen molar-refractivity contribution >= 4 is 69.1 Å². The summed E-state index contributed by atoms with van der Waals surface area (Å²) in [6.45, 7) is 2.14. The van der Waals surface area contributed by atoms with Crippen LogP contribution in [0.5, 0.6) is 0 Å². The summed E-state index contributed by atoms with van der Waals surface area (Å²) in [5, 5.41) is 26.2. The third-order valence-corrected chi connectivity index (χ3v) is 12.4. The monoisotopic (exact) mass is 965 g/mol. The van der Waals surface area contributed by atoms with Gasteiger partial charge in [-0.25, -0.2) is 19.3 Å². The predicted molar refractivity (Wildman–Crippen MR) is 219 cm³/mol. The van der Waals surface area contributed by atoms with Gasteiger partial charge in [-0.1, -0.05) is 81.1 Å². The van der Waals surface area contributed by atoms with E-state index in [1.807, 2.05) is 12.2 Å². The van der Waals surface area contributed by atoms with Crippen LogP contribution in [0.1, 0.15) is 59.1 Å². The second-order valence-electron chi connectivity index (χ2n) is 14.1. The lowest BCUT2D eigenvalue weighted by atomic mass is 9.87. The topological polar surface area (TPSA) is 375 Å². The number of aliphatic hydroxyl groups is 2. The van der Waals surface area contributed by atoms with Crippen molar-refractivity contribution in [3.05, 3.63) is 61.3 Å². The number of phosphoric ester groups is 3. The van der Waals surface area contributed by atoms with Crippen molar-refractivity contribution in [2.45, 2.75) is 83.5 Å². The molecule has 1 aliphatic rings. The van der Waals surface area contributed by atoms with E-state index < -0.39 is 84.6 Å². The molecule has 2 amide bonds. The van der Waals surface area contributed by atoms with Gasteiger partial charge in [-0.3, -0.25) is 28.1 Å². The van der Waals surface area contributed by atoms with Crippen LogP contribution in [0, 0.1) is 5.41 Å². The van der Waals surface area contributed by atoms with Gasteiger partial charge in [-0.2, -0.15) is 0 Å². The molecule has 63 heavy (non-hydrogen) atoms. The molecule has 24 nitrogen and oxygen atoms in total. The zero-order valence-corrected chi connectivity index (χ0v) is 37.9. The van der Waals surface area contributed by atoms with E-state index in [4.69, 9.17) is 10.5 Å². The minimum atomic E-state index is -5.92. The maximum absolute atomic E-state index is 12.6. The number of carbonyl (C=O) groups is 3. The van der Waals surface area contributed by atoms with Crippen molar-refractivity contribution in [2.24, 2.45) is 5.41 Å². The van der Waals surface area contributed by atoms with E-state index in [1.165, 1.54) is 13.8 Å². The van der Waals surface area contributed by atoms with Crippen molar-refractivity contribution in [2.75, 3.05) is 37.8 Å². The number of thioether (sulfide) groups is 1. The number of nitrogen functional groups attached to an aromatic ring is 1. The predicted octanol–water partition coefficient (Wildman–Crippen LogP) is -0.0582. The Morgan fingerprint density at radius 1 is 0.984 bits per heavy atom. The summed E-state index contributed by atoms with van der Waals surface area (Å²) in [5.41, 5.74) is 4.07. The molecule has 28 heteroatoms. The highest BCUT2D eigenvalue weighted by Crippen LogP contribution is 2.56. The number of imidazole rings is 1. The molecule has 0 aromatic carbocycles. The molecule has 1 aliphatic heterocycles. The number of aliphatic hydroxyl groups excluding tert-OH is 2. The molecule has 2 unspecified atom stereocenters. The largest absolute Gasteiger partial charge is 0.790 e. The lowest BCUT2D eigenvalue weighted by molar-refractivity contribution is -0.347. The lowest BCUT2D eigenvalue weighted by Gasteiger charge is -2.36. The number of hydrogen-bond donors (Lipinski definition) is 5. The van der Waals surface area contributed by atoms with E-state index in [2.05, 4.69) is 74.7 Å². The molecule has 0 aliphatic carbocycles. The third-order valence-electron chi connectivity index (χ3n) is 8.52. The van der Waals surface area contributed by atoms with Crippen LogP contribution < -0.4 is 35.9 Å². The quantitative estimate of drug-likeness (QED) is 0.0339.